The number of aromatic nitrogens is 1. The summed E-state index contributed by atoms with van der Waals surface area (Å²) in [5.41, 5.74) is 3.70. The van der Waals surface area contributed by atoms with Crippen LogP contribution in [-0.2, 0) is 16.0 Å². The highest BCUT2D eigenvalue weighted by molar-refractivity contribution is 6.30. The molecule has 32 heavy (non-hydrogen) atoms. The Morgan fingerprint density at radius 2 is 1.69 bits per heavy atom. The van der Waals surface area contributed by atoms with Crippen LogP contribution in [0.5, 0.6) is 0 Å². The second-order valence-corrected chi connectivity index (χ2v) is 7.90. The maximum Gasteiger partial charge on any atom is 0.332 e. The smallest absolute Gasteiger partial charge is 0.332 e. The number of halogens is 1. The Morgan fingerprint density at radius 1 is 1.03 bits per heavy atom. The van der Waals surface area contributed by atoms with Crippen LogP contribution in [0.15, 0.2) is 53.7 Å². The predicted molar refractivity (Wildman–Crippen MR) is 119 cm³/mol. The van der Waals surface area contributed by atoms with Crippen LogP contribution < -0.4 is 0 Å². The molecule has 8 heteroatoms. The third-order valence-electron chi connectivity index (χ3n) is 5.74. The molecule has 7 nitrogen and oxygen atoms in total. The molecule has 2 heterocycles. The van der Waals surface area contributed by atoms with Gasteiger partial charge in [-0.05, 0) is 42.7 Å². The number of imide groups is 2. The Hall–Kier alpha value is -3.81. The zero-order chi connectivity index (χ0) is 23.0. The van der Waals surface area contributed by atoms with Gasteiger partial charge in [0.1, 0.15) is 5.82 Å². The number of benzene rings is 2. The minimum atomic E-state index is -1.20. The first-order valence-corrected chi connectivity index (χ1v) is 10.2. The van der Waals surface area contributed by atoms with Gasteiger partial charge in [0.2, 0.25) is 11.8 Å². The van der Waals surface area contributed by atoms with Crippen LogP contribution in [0.4, 0.5) is 9.18 Å². The molecule has 0 unspecified atom stereocenters. The number of fused-ring (bicyclic) bond motifs is 1. The average molecular weight is 434 g/mol. The number of nitrogens with one attached hydrogen (secondary N) is 1. The number of amides is 4. The Morgan fingerprint density at radius 3 is 2.34 bits per heavy atom. The van der Waals surface area contributed by atoms with E-state index in [1.165, 1.54) is 26.2 Å². The number of carbonyl (C=O) groups is 3. The summed E-state index contributed by atoms with van der Waals surface area (Å²) < 4.78 is 13.7. The third-order valence-corrected chi connectivity index (χ3v) is 5.74. The molecule has 1 aliphatic rings. The summed E-state index contributed by atoms with van der Waals surface area (Å²) in [6.07, 6.45) is 2.29. The van der Waals surface area contributed by atoms with Gasteiger partial charge < -0.3 is 4.98 Å². The maximum absolute atomic E-state index is 13.7. The van der Waals surface area contributed by atoms with E-state index in [1.807, 2.05) is 37.4 Å². The number of rotatable bonds is 5. The van der Waals surface area contributed by atoms with Crippen molar-refractivity contribution in [1.82, 2.24) is 14.8 Å². The van der Waals surface area contributed by atoms with Crippen molar-refractivity contribution in [1.29, 1.82) is 0 Å². The number of aliphatic imine (C=N–C) groups is 1. The summed E-state index contributed by atoms with van der Waals surface area (Å²) in [5, 5.41) is 0.770. The van der Waals surface area contributed by atoms with Gasteiger partial charge in [0.15, 0.2) is 5.92 Å². The fourth-order valence-electron chi connectivity index (χ4n) is 3.87. The zero-order valence-corrected chi connectivity index (χ0v) is 18.1. The molecule has 1 aliphatic heterocycles. The van der Waals surface area contributed by atoms with Crippen molar-refractivity contribution < 1.29 is 18.8 Å². The molecule has 4 rings (SSSR count). The highest BCUT2D eigenvalue weighted by Gasteiger charge is 2.45. The summed E-state index contributed by atoms with van der Waals surface area (Å²) >= 11 is 0. The van der Waals surface area contributed by atoms with E-state index in [2.05, 4.69) is 9.98 Å². The number of H-pyrrole nitrogens is 1. The number of aromatic amines is 1. The van der Waals surface area contributed by atoms with E-state index in [4.69, 9.17) is 0 Å². The molecule has 1 fully saturated rings. The molecule has 0 radical (unpaired) electrons. The average Bonchev–Trinajstić information content (AvgIpc) is 3.18. The molecule has 4 amide bonds. The van der Waals surface area contributed by atoms with E-state index in [-0.39, 0.29) is 12.4 Å². The molecule has 0 aliphatic carbocycles. The van der Waals surface area contributed by atoms with Gasteiger partial charge in [-0.3, -0.25) is 24.4 Å². The van der Waals surface area contributed by atoms with Crippen LogP contribution >= 0.6 is 0 Å². The molecule has 164 valence electrons. The van der Waals surface area contributed by atoms with Crippen molar-refractivity contribution >= 4 is 34.5 Å². The summed E-state index contributed by atoms with van der Waals surface area (Å²) in [6, 6.07) is 11.3. The Kier molecular flexibility index (Phi) is 5.61. The fourth-order valence-corrected chi connectivity index (χ4v) is 3.87. The minimum Gasteiger partial charge on any atom is -0.361 e. The molecule has 0 bridgehead atoms. The highest BCUT2D eigenvalue weighted by atomic mass is 19.1. The third kappa shape index (κ3) is 3.79. The van der Waals surface area contributed by atoms with Gasteiger partial charge in [-0.25, -0.2) is 9.18 Å². The largest absolute Gasteiger partial charge is 0.361 e. The van der Waals surface area contributed by atoms with Gasteiger partial charge in [-0.2, -0.15) is 0 Å². The predicted octanol–water partition coefficient (Wildman–Crippen LogP) is 3.31. The van der Waals surface area contributed by atoms with Crippen LogP contribution in [0, 0.1) is 18.7 Å². The number of barbiturate groups is 1. The van der Waals surface area contributed by atoms with Crippen molar-refractivity contribution in [3.05, 3.63) is 71.2 Å². The maximum atomic E-state index is 13.7. The van der Waals surface area contributed by atoms with Gasteiger partial charge in [0, 0.05) is 37.7 Å². The standard InChI is InChI=1S/C24H23FN4O3/c1-14-4-6-15(7-5-14)21(20-22(30)28(2)24(32)29(3)23(20)31)26-11-10-16-13-27-19-9-8-17(25)12-18(16)19/h4-9,12-13,20,27H,10-11H2,1-3H3. The molecule has 1 aromatic heterocycles. The van der Waals surface area contributed by atoms with E-state index < -0.39 is 23.8 Å². The second-order valence-electron chi connectivity index (χ2n) is 7.90. The van der Waals surface area contributed by atoms with Crippen molar-refractivity contribution in [3.8, 4) is 0 Å². The normalized spacial score (nSPS) is 15.9. The van der Waals surface area contributed by atoms with E-state index in [1.54, 1.807) is 6.07 Å². The number of aryl methyl sites for hydroxylation is 1. The molecule has 0 atom stereocenters. The number of hydrogen-bond donors (Lipinski definition) is 1. The van der Waals surface area contributed by atoms with Crippen LogP contribution in [0.25, 0.3) is 10.9 Å². The molecule has 1 N–H and O–H groups in total. The molecular formula is C24H23FN4O3. The van der Waals surface area contributed by atoms with Crippen molar-refractivity contribution in [3.63, 3.8) is 0 Å². The monoisotopic (exact) mass is 434 g/mol. The SMILES string of the molecule is Cc1ccc(C(=NCCc2c[nH]c3ccc(F)cc23)C2C(=O)N(C)C(=O)N(C)C2=O)cc1. The van der Waals surface area contributed by atoms with Crippen molar-refractivity contribution in [2.24, 2.45) is 10.9 Å². The lowest BCUT2D eigenvalue weighted by Gasteiger charge is -2.33. The van der Waals surface area contributed by atoms with Crippen LogP contribution in [-0.4, -0.2) is 59.0 Å². The lowest BCUT2D eigenvalue weighted by molar-refractivity contribution is -0.144. The number of urea groups is 1. The van der Waals surface area contributed by atoms with Gasteiger partial charge in [-0.1, -0.05) is 29.8 Å². The molecule has 1 saturated heterocycles. The number of hydrogen-bond acceptors (Lipinski definition) is 4. The topological polar surface area (TPSA) is 85.8 Å². The van der Waals surface area contributed by atoms with Crippen LogP contribution in [0.3, 0.4) is 0 Å². The van der Waals surface area contributed by atoms with E-state index in [9.17, 15) is 18.8 Å². The van der Waals surface area contributed by atoms with E-state index >= 15 is 0 Å². The van der Waals surface area contributed by atoms with Crippen molar-refractivity contribution in [2.75, 3.05) is 20.6 Å². The van der Waals surface area contributed by atoms with Gasteiger partial charge in [-0.15, -0.1) is 0 Å². The first kappa shape index (κ1) is 21.4. The quantitative estimate of drug-likeness (QED) is 0.494. The summed E-state index contributed by atoms with van der Waals surface area (Å²) in [5.74, 6) is -2.74. The lowest BCUT2D eigenvalue weighted by Crippen LogP contribution is -2.59. The first-order chi connectivity index (χ1) is 15.3. The van der Waals surface area contributed by atoms with Crippen LogP contribution in [0.2, 0.25) is 0 Å². The van der Waals surface area contributed by atoms with Gasteiger partial charge in [0.05, 0.1) is 5.71 Å². The Bertz CT molecular complexity index is 1220. The number of nitrogens with zero attached hydrogens (tertiary/aromatic N) is 3. The number of carbonyl (C=O) groups excluding carboxylic acids is 3. The lowest BCUT2D eigenvalue weighted by atomic mass is 9.92. The first-order valence-electron chi connectivity index (χ1n) is 10.2. The summed E-state index contributed by atoms with van der Waals surface area (Å²) in [7, 11) is 2.71. The molecular weight excluding hydrogens is 411 g/mol. The fraction of sp³-hybridized carbons (Fsp3) is 0.250. The van der Waals surface area contributed by atoms with Gasteiger partial charge >= 0.3 is 6.03 Å². The van der Waals surface area contributed by atoms with Crippen LogP contribution in [0.1, 0.15) is 16.7 Å². The Balaban J connectivity index is 1.69. The molecule has 2 aromatic carbocycles. The van der Waals surface area contributed by atoms with Gasteiger partial charge in [0.25, 0.3) is 0 Å². The summed E-state index contributed by atoms with van der Waals surface area (Å²) in [4.78, 5) is 47.6. The minimum absolute atomic E-state index is 0.283. The van der Waals surface area contributed by atoms with Crippen molar-refractivity contribution in [2.45, 2.75) is 13.3 Å². The zero-order valence-electron chi connectivity index (χ0n) is 18.1. The molecule has 0 saturated carbocycles. The molecule has 0 spiro atoms. The second kappa shape index (κ2) is 8.37. The molecule has 3 aromatic rings. The van der Waals surface area contributed by atoms with E-state index in [0.717, 1.165) is 31.8 Å². The highest BCUT2D eigenvalue weighted by Crippen LogP contribution is 2.23. The summed E-state index contributed by atoms with van der Waals surface area (Å²) in [6.45, 7) is 2.22. The van der Waals surface area contributed by atoms with E-state index in [0.29, 0.717) is 17.7 Å². The Labute approximate surface area is 184 Å².